The van der Waals surface area contributed by atoms with Gasteiger partial charge in [0.1, 0.15) is 5.56 Å². The van der Waals surface area contributed by atoms with Gasteiger partial charge in [-0.05, 0) is 23.7 Å². The zero-order chi connectivity index (χ0) is 12.0. The Hall–Kier alpha value is -0.313. The van der Waals surface area contributed by atoms with Crippen LogP contribution in [0.15, 0.2) is 30.3 Å². The lowest BCUT2D eigenvalue weighted by Gasteiger charge is -2.30. The summed E-state index contributed by atoms with van der Waals surface area (Å²) in [6.07, 6.45) is 0. The molecule has 3 heteroatoms. The molecule has 0 radical (unpaired) electrons. The van der Waals surface area contributed by atoms with E-state index in [1.54, 1.807) is 0 Å². The van der Waals surface area contributed by atoms with Crippen LogP contribution in [-0.2, 0) is 4.43 Å². The van der Waals surface area contributed by atoms with E-state index in [1.165, 1.54) is 0 Å². The predicted octanol–water partition coefficient (Wildman–Crippen LogP) is 4.95. The molecule has 0 amide bonds. The number of benzene rings is 1. The summed E-state index contributed by atoms with van der Waals surface area (Å²) >= 11 is 6.34. The van der Waals surface area contributed by atoms with Crippen LogP contribution in [0.3, 0.4) is 0 Å². The fourth-order valence-corrected chi connectivity index (χ4v) is 5.18. The van der Waals surface area contributed by atoms with Crippen molar-refractivity contribution in [3.63, 3.8) is 0 Å². The Morgan fingerprint density at radius 1 is 1.06 bits per heavy atom. The van der Waals surface area contributed by atoms with E-state index < -0.39 is 8.32 Å². The first-order valence-corrected chi connectivity index (χ1v) is 9.01. The van der Waals surface area contributed by atoms with Crippen molar-refractivity contribution in [3.05, 3.63) is 35.9 Å². The van der Waals surface area contributed by atoms with Gasteiger partial charge in [-0.1, -0.05) is 62.7 Å². The van der Waals surface area contributed by atoms with E-state index in [-0.39, 0.29) is 5.56 Å². The van der Waals surface area contributed by atoms with Gasteiger partial charge in [-0.3, -0.25) is 0 Å². The van der Waals surface area contributed by atoms with Crippen LogP contribution in [0.4, 0.5) is 0 Å². The highest BCUT2D eigenvalue weighted by Gasteiger charge is 2.31. The van der Waals surface area contributed by atoms with Crippen molar-refractivity contribution in [2.45, 2.75) is 44.5 Å². The molecule has 0 spiro atoms. The zero-order valence-corrected chi connectivity index (χ0v) is 12.1. The predicted molar refractivity (Wildman–Crippen MR) is 73.3 cm³/mol. The van der Waals surface area contributed by atoms with Gasteiger partial charge in [-0.15, -0.1) is 0 Å². The number of rotatable bonds is 6. The van der Waals surface area contributed by atoms with Crippen molar-refractivity contribution in [2.75, 3.05) is 0 Å². The first-order valence-electron chi connectivity index (χ1n) is 6.04. The molecule has 0 saturated heterocycles. The van der Waals surface area contributed by atoms with Crippen LogP contribution in [0.5, 0.6) is 0 Å². The molecule has 1 nitrogen and oxygen atoms in total. The fraction of sp³-hybridized carbons (Fsp3) is 0.538. The topological polar surface area (TPSA) is 9.23 Å². The highest BCUT2D eigenvalue weighted by Crippen LogP contribution is 2.31. The Morgan fingerprint density at radius 2 is 1.56 bits per heavy atom. The first kappa shape index (κ1) is 13.8. The van der Waals surface area contributed by atoms with E-state index in [4.69, 9.17) is 16.0 Å². The van der Waals surface area contributed by atoms with Crippen molar-refractivity contribution in [1.29, 1.82) is 0 Å². The molecule has 0 heterocycles. The summed E-state index contributed by atoms with van der Waals surface area (Å²) in [4.78, 5) is 0. The van der Waals surface area contributed by atoms with Crippen LogP contribution in [0.25, 0.3) is 0 Å². The van der Waals surface area contributed by atoms with Gasteiger partial charge in [-0.25, -0.2) is 0 Å². The quantitative estimate of drug-likeness (QED) is 0.517. The normalized spacial score (nSPS) is 13.8. The number of halogens is 1. The van der Waals surface area contributed by atoms with E-state index >= 15 is 0 Å². The lowest BCUT2D eigenvalue weighted by Crippen LogP contribution is -2.36. The van der Waals surface area contributed by atoms with Crippen LogP contribution in [-0.4, -0.2) is 8.32 Å². The zero-order valence-electron chi connectivity index (χ0n) is 10.4. The molecule has 1 rings (SSSR count). The Balaban J connectivity index is 2.73. The van der Waals surface area contributed by atoms with Crippen LogP contribution >= 0.6 is 11.6 Å². The van der Waals surface area contributed by atoms with Crippen molar-refractivity contribution in [1.82, 2.24) is 0 Å². The van der Waals surface area contributed by atoms with Gasteiger partial charge < -0.3 is 4.43 Å². The number of hydrogen-bond acceptors (Lipinski definition) is 1. The van der Waals surface area contributed by atoms with Crippen molar-refractivity contribution < 1.29 is 4.43 Å². The minimum Gasteiger partial charge on any atom is -0.397 e. The van der Waals surface area contributed by atoms with Crippen LogP contribution in [0.1, 0.15) is 31.9 Å². The maximum Gasteiger partial charge on any atom is 0.194 e. The summed E-state index contributed by atoms with van der Waals surface area (Å²) in [5.41, 5.74) is 0.782. The van der Waals surface area contributed by atoms with E-state index in [2.05, 4.69) is 20.8 Å². The third-order valence-corrected chi connectivity index (χ3v) is 8.44. The summed E-state index contributed by atoms with van der Waals surface area (Å²) in [6, 6.07) is 13.5. The van der Waals surface area contributed by atoms with Crippen LogP contribution < -0.4 is 0 Å². The lowest BCUT2D eigenvalue weighted by molar-refractivity contribution is 0.270. The minimum absolute atomic E-state index is 0.285. The third-order valence-electron chi connectivity index (χ3n) is 3.35. The minimum atomic E-state index is -1.60. The van der Waals surface area contributed by atoms with E-state index in [9.17, 15) is 0 Å². The Kier molecular flexibility index (Phi) is 5.53. The van der Waals surface area contributed by atoms with Gasteiger partial charge in [0, 0.05) is 0 Å². The van der Waals surface area contributed by atoms with Crippen LogP contribution in [0, 0.1) is 0 Å². The van der Waals surface area contributed by atoms with Crippen molar-refractivity contribution in [2.24, 2.45) is 0 Å². The standard InChI is InChI=1S/C13H21ClOSi/c1-4-16(5-2,6-3)15-13(14)12-10-8-7-9-11-12/h7-11,13H,4-6H2,1-3H3. The molecule has 0 aliphatic rings. The van der Waals surface area contributed by atoms with E-state index in [1.807, 2.05) is 30.3 Å². The second-order valence-corrected chi connectivity index (χ2v) is 9.21. The Bertz CT molecular complexity index is 290. The average Bonchev–Trinajstić information content (AvgIpc) is 2.37. The molecule has 1 unspecified atom stereocenters. The largest absolute Gasteiger partial charge is 0.397 e. The fourth-order valence-electron chi connectivity index (χ4n) is 1.89. The highest BCUT2D eigenvalue weighted by molar-refractivity contribution is 6.73. The molecule has 90 valence electrons. The summed E-state index contributed by atoms with van der Waals surface area (Å²) in [6.45, 7) is 6.65. The second kappa shape index (κ2) is 6.43. The summed E-state index contributed by atoms with van der Waals surface area (Å²) in [5.74, 6) is 0. The molecule has 0 N–H and O–H groups in total. The van der Waals surface area contributed by atoms with E-state index in [0.717, 1.165) is 23.7 Å². The Labute approximate surface area is 105 Å². The van der Waals surface area contributed by atoms with Gasteiger partial charge in [0.2, 0.25) is 0 Å². The maximum absolute atomic E-state index is 6.34. The molecule has 0 bridgehead atoms. The van der Waals surface area contributed by atoms with Gasteiger partial charge >= 0.3 is 0 Å². The Morgan fingerprint density at radius 3 is 2.00 bits per heavy atom. The molecule has 1 aromatic carbocycles. The van der Waals surface area contributed by atoms with Crippen molar-refractivity contribution in [3.8, 4) is 0 Å². The monoisotopic (exact) mass is 256 g/mol. The SMILES string of the molecule is CC[Si](CC)(CC)OC(Cl)c1ccccc1. The molecule has 0 aromatic heterocycles. The molecule has 0 saturated carbocycles. The summed E-state index contributed by atoms with van der Waals surface area (Å²) < 4.78 is 6.18. The van der Waals surface area contributed by atoms with Gasteiger partial charge in [0.15, 0.2) is 8.32 Å². The third kappa shape index (κ3) is 3.34. The molecular formula is C13H21ClOSi. The molecule has 0 aliphatic carbocycles. The van der Waals surface area contributed by atoms with Gasteiger partial charge in [0.25, 0.3) is 0 Å². The van der Waals surface area contributed by atoms with Crippen LogP contribution in [0.2, 0.25) is 18.1 Å². The molecule has 0 aliphatic heterocycles. The maximum atomic E-state index is 6.34. The summed E-state index contributed by atoms with van der Waals surface area (Å²) in [7, 11) is -1.60. The summed E-state index contributed by atoms with van der Waals surface area (Å²) in [5, 5.41) is 0. The first-order chi connectivity index (χ1) is 7.67. The molecular weight excluding hydrogens is 236 g/mol. The molecule has 1 atom stereocenters. The molecule has 0 fully saturated rings. The average molecular weight is 257 g/mol. The second-order valence-electron chi connectivity index (χ2n) is 4.09. The van der Waals surface area contributed by atoms with E-state index in [0.29, 0.717) is 0 Å². The smallest absolute Gasteiger partial charge is 0.194 e. The highest BCUT2D eigenvalue weighted by atomic mass is 35.5. The molecule has 16 heavy (non-hydrogen) atoms. The van der Waals surface area contributed by atoms with Crippen molar-refractivity contribution >= 4 is 19.9 Å². The number of hydrogen-bond donors (Lipinski definition) is 0. The molecule has 1 aromatic rings. The number of alkyl halides is 1. The van der Waals surface area contributed by atoms with Gasteiger partial charge in [0.05, 0.1) is 0 Å². The lowest BCUT2D eigenvalue weighted by atomic mass is 10.2. The van der Waals surface area contributed by atoms with Gasteiger partial charge in [-0.2, -0.15) is 0 Å².